The SMILES string of the molecule is CCCCN1C(=O)C(=Cc2ccc(OCC)c(OC)c2)C(=O)N(CCCC)C1=S. The maximum Gasteiger partial charge on any atom is 0.265 e. The van der Waals surface area contributed by atoms with Gasteiger partial charge in [0.15, 0.2) is 16.6 Å². The second-order valence-corrected chi connectivity index (χ2v) is 7.17. The topological polar surface area (TPSA) is 59.1 Å². The maximum absolute atomic E-state index is 13.1. The lowest BCUT2D eigenvalue weighted by Gasteiger charge is -2.36. The number of ether oxygens (including phenoxy) is 2. The first-order valence-electron chi connectivity index (χ1n) is 10.2. The fourth-order valence-corrected chi connectivity index (χ4v) is 3.42. The molecule has 0 N–H and O–H groups in total. The summed E-state index contributed by atoms with van der Waals surface area (Å²) in [6.45, 7) is 7.54. The molecule has 0 saturated carbocycles. The molecule has 0 atom stereocenters. The molecule has 0 spiro atoms. The molecule has 1 aromatic rings. The summed E-state index contributed by atoms with van der Waals surface area (Å²) in [5.41, 5.74) is 0.817. The molecule has 1 fully saturated rings. The Labute approximate surface area is 178 Å². The molecule has 6 nitrogen and oxygen atoms in total. The zero-order chi connectivity index (χ0) is 21.4. The number of hydrogen-bond donors (Lipinski definition) is 0. The predicted molar refractivity (Wildman–Crippen MR) is 118 cm³/mol. The molecule has 0 radical (unpaired) electrons. The van der Waals surface area contributed by atoms with Crippen molar-refractivity contribution in [3.8, 4) is 11.5 Å². The van der Waals surface area contributed by atoms with Crippen LogP contribution in [0.1, 0.15) is 52.0 Å². The summed E-state index contributed by atoms with van der Waals surface area (Å²) < 4.78 is 10.9. The molecule has 0 bridgehead atoms. The number of nitrogens with zero attached hydrogens (tertiary/aromatic N) is 2. The molecule has 158 valence electrons. The Kier molecular flexibility index (Phi) is 8.64. The molecule has 1 aliphatic rings. The normalized spacial score (nSPS) is 14.5. The standard InChI is InChI=1S/C22H30N2O4S/c1-5-8-12-23-20(25)17(21(26)24(22(23)29)13-9-6-2)14-16-10-11-18(28-7-3)19(15-16)27-4/h10-11,14-15H,5-9,12-13H2,1-4H3. The Morgan fingerprint density at radius 1 is 0.966 bits per heavy atom. The zero-order valence-corrected chi connectivity index (χ0v) is 18.5. The first-order valence-corrected chi connectivity index (χ1v) is 10.6. The van der Waals surface area contributed by atoms with Crippen LogP contribution in [0.5, 0.6) is 11.5 Å². The minimum absolute atomic E-state index is 0.122. The van der Waals surface area contributed by atoms with Gasteiger partial charge in [0, 0.05) is 13.1 Å². The highest BCUT2D eigenvalue weighted by molar-refractivity contribution is 7.80. The van der Waals surface area contributed by atoms with Gasteiger partial charge in [-0.25, -0.2) is 0 Å². The molecule has 0 aromatic heterocycles. The van der Waals surface area contributed by atoms with Crippen LogP contribution in [0.15, 0.2) is 23.8 Å². The summed E-state index contributed by atoms with van der Waals surface area (Å²) in [6.07, 6.45) is 5.13. The Morgan fingerprint density at radius 3 is 2.03 bits per heavy atom. The van der Waals surface area contributed by atoms with Crippen LogP contribution in [0.4, 0.5) is 0 Å². The van der Waals surface area contributed by atoms with Crippen molar-refractivity contribution in [3.05, 3.63) is 29.3 Å². The lowest BCUT2D eigenvalue weighted by Crippen LogP contribution is -2.56. The molecule has 1 aromatic carbocycles. The van der Waals surface area contributed by atoms with Crippen molar-refractivity contribution in [1.29, 1.82) is 0 Å². The van der Waals surface area contributed by atoms with Gasteiger partial charge in [-0.05, 0) is 55.8 Å². The summed E-state index contributed by atoms with van der Waals surface area (Å²) in [4.78, 5) is 29.2. The van der Waals surface area contributed by atoms with Gasteiger partial charge in [-0.1, -0.05) is 32.8 Å². The smallest absolute Gasteiger partial charge is 0.265 e. The highest BCUT2D eigenvalue weighted by Gasteiger charge is 2.38. The van der Waals surface area contributed by atoms with Gasteiger partial charge >= 0.3 is 0 Å². The second kappa shape index (κ2) is 11.0. The number of carbonyl (C=O) groups excluding carboxylic acids is 2. The Hall–Kier alpha value is -2.41. The summed E-state index contributed by atoms with van der Waals surface area (Å²) >= 11 is 5.48. The van der Waals surface area contributed by atoms with E-state index in [0.29, 0.717) is 41.9 Å². The zero-order valence-electron chi connectivity index (χ0n) is 17.7. The number of unbranched alkanes of at least 4 members (excludes halogenated alkanes) is 2. The van der Waals surface area contributed by atoms with Crippen LogP contribution < -0.4 is 9.47 Å². The third-order valence-corrected chi connectivity index (χ3v) is 5.12. The van der Waals surface area contributed by atoms with E-state index in [2.05, 4.69) is 13.8 Å². The fourth-order valence-electron chi connectivity index (χ4n) is 3.07. The molecule has 1 saturated heterocycles. The van der Waals surface area contributed by atoms with Gasteiger partial charge in [-0.3, -0.25) is 19.4 Å². The summed E-state index contributed by atoms with van der Waals surface area (Å²) in [7, 11) is 1.56. The van der Waals surface area contributed by atoms with E-state index in [9.17, 15) is 9.59 Å². The molecule has 2 rings (SSSR count). The van der Waals surface area contributed by atoms with Gasteiger partial charge in [0.1, 0.15) is 5.57 Å². The van der Waals surface area contributed by atoms with Crippen molar-refractivity contribution >= 4 is 35.2 Å². The first-order chi connectivity index (χ1) is 14.0. The van der Waals surface area contributed by atoms with E-state index in [1.54, 1.807) is 41.2 Å². The fraction of sp³-hybridized carbons (Fsp3) is 0.500. The molecule has 0 unspecified atom stereocenters. The van der Waals surface area contributed by atoms with Crippen molar-refractivity contribution in [2.45, 2.75) is 46.5 Å². The van der Waals surface area contributed by atoms with E-state index < -0.39 is 0 Å². The highest BCUT2D eigenvalue weighted by atomic mass is 32.1. The van der Waals surface area contributed by atoms with Crippen LogP contribution in [0, 0.1) is 0 Å². The van der Waals surface area contributed by atoms with Crippen molar-refractivity contribution in [1.82, 2.24) is 9.80 Å². The lowest BCUT2D eigenvalue weighted by molar-refractivity contribution is -0.133. The molecule has 1 aliphatic heterocycles. The van der Waals surface area contributed by atoms with Crippen molar-refractivity contribution in [3.63, 3.8) is 0 Å². The van der Waals surface area contributed by atoms with E-state index >= 15 is 0 Å². The minimum Gasteiger partial charge on any atom is -0.493 e. The van der Waals surface area contributed by atoms with Crippen LogP contribution in [0.3, 0.4) is 0 Å². The number of methoxy groups -OCH3 is 1. The minimum atomic E-state index is -0.339. The van der Waals surface area contributed by atoms with Gasteiger partial charge in [0.05, 0.1) is 13.7 Å². The number of rotatable bonds is 10. The first kappa shape index (κ1) is 22.9. The van der Waals surface area contributed by atoms with E-state index in [1.165, 1.54) is 0 Å². The van der Waals surface area contributed by atoms with Gasteiger partial charge < -0.3 is 9.47 Å². The maximum atomic E-state index is 13.1. The Balaban J connectivity index is 2.42. The van der Waals surface area contributed by atoms with E-state index in [4.69, 9.17) is 21.7 Å². The van der Waals surface area contributed by atoms with Gasteiger partial charge in [0.2, 0.25) is 0 Å². The summed E-state index contributed by atoms with van der Waals surface area (Å²) in [5.74, 6) is 0.495. The molecule has 1 heterocycles. The van der Waals surface area contributed by atoms with Crippen molar-refractivity contribution in [2.24, 2.45) is 0 Å². The number of amides is 2. The predicted octanol–water partition coefficient (Wildman–Crippen LogP) is 4.03. The van der Waals surface area contributed by atoms with Crippen LogP contribution in [-0.4, -0.2) is 53.5 Å². The molecule has 2 amide bonds. The highest BCUT2D eigenvalue weighted by Crippen LogP contribution is 2.30. The van der Waals surface area contributed by atoms with Gasteiger partial charge in [-0.2, -0.15) is 0 Å². The Morgan fingerprint density at radius 2 is 1.55 bits per heavy atom. The summed E-state index contributed by atoms with van der Waals surface area (Å²) in [6, 6.07) is 5.35. The third-order valence-electron chi connectivity index (χ3n) is 4.68. The monoisotopic (exact) mass is 418 g/mol. The molecular weight excluding hydrogens is 388 g/mol. The van der Waals surface area contributed by atoms with Crippen LogP contribution >= 0.6 is 12.2 Å². The van der Waals surface area contributed by atoms with E-state index in [1.807, 2.05) is 6.92 Å². The quantitative estimate of drug-likeness (QED) is 0.326. The summed E-state index contributed by atoms with van der Waals surface area (Å²) in [5, 5.41) is 0.309. The number of benzene rings is 1. The molecular formula is C22H30N2O4S. The molecule has 0 aliphatic carbocycles. The largest absolute Gasteiger partial charge is 0.493 e. The van der Waals surface area contributed by atoms with E-state index in [-0.39, 0.29) is 17.4 Å². The van der Waals surface area contributed by atoms with Crippen molar-refractivity contribution in [2.75, 3.05) is 26.8 Å². The van der Waals surface area contributed by atoms with E-state index in [0.717, 1.165) is 25.7 Å². The molecule has 7 heteroatoms. The number of hydrogen-bond acceptors (Lipinski definition) is 5. The average Bonchev–Trinajstić information content (AvgIpc) is 2.72. The Bertz CT molecular complexity index is 759. The van der Waals surface area contributed by atoms with Crippen LogP contribution in [-0.2, 0) is 9.59 Å². The van der Waals surface area contributed by atoms with Gasteiger partial charge in [-0.15, -0.1) is 0 Å². The van der Waals surface area contributed by atoms with Crippen LogP contribution in [0.25, 0.3) is 6.08 Å². The lowest BCUT2D eigenvalue weighted by atomic mass is 10.1. The third kappa shape index (κ3) is 5.35. The second-order valence-electron chi connectivity index (χ2n) is 6.80. The number of thiocarbonyl (C=S) groups is 1. The number of carbonyl (C=O) groups is 2. The van der Waals surface area contributed by atoms with Gasteiger partial charge in [0.25, 0.3) is 11.8 Å². The van der Waals surface area contributed by atoms with Crippen molar-refractivity contribution < 1.29 is 19.1 Å². The average molecular weight is 419 g/mol. The van der Waals surface area contributed by atoms with Crippen LogP contribution in [0.2, 0.25) is 0 Å². The molecule has 29 heavy (non-hydrogen) atoms.